The summed E-state index contributed by atoms with van der Waals surface area (Å²) in [7, 11) is 0. The van der Waals surface area contributed by atoms with Gasteiger partial charge in [-0.15, -0.1) is 18.2 Å². The lowest BCUT2D eigenvalue weighted by Crippen LogP contribution is -2.23. The molecule has 0 spiro atoms. The minimum absolute atomic E-state index is 0.682. The van der Waals surface area contributed by atoms with Crippen LogP contribution in [-0.4, -0.2) is 31.2 Å². The Hall–Kier alpha value is -0.630. The van der Waals surface area contributed by atoms with E-state index in [4.69, 9.17) is 11.2 Å². The normalized spacial score (nSPS) is 9.88. The van der Waals surface area contributed by atoms with Gasteiger partial charge in [-0.1, -0.05) is 21.9 Å². The second kappa shape index (κ2) is 9.41. The smallest absolute Gasteiger partial charge is 0.119 e. The number of hydrogen-bond donors (Lipinski definition) is 1. The van der Waals surface area contributed by atoms with E-state index in [1.165, 1.54) is 0 Å². The molecule has 0 aliphatic carbocycles. The van der Waals surface area contributed by atoms with E-state index in [-0.39, 0.29) is 0 Å². The Labute approximate surface area is 116 Å². The number of nitrogens with one attached hydrogen (secondary N) is 1. The Bertz CT molecular complexity index is 347. The van der Waals surface area contributed by atoms with Crippen molar-refractivity contribution >= 4 is 27.7 Å². The van der Waals surface area contributed by atoms with Gasteiger partial charge in [-0.2, -0.15) is 0 Å². The standard InChI is InChI=1S/C13H16BrNOS/c1-2-10-17-11-8-15-7-9-16-13-5-3-12(14)4-6-13/h1,3-6,15H,7-11H2. The fraction of sp³-hybridized carbons (Fsp3) is 0.385. The van der Waals surface area contributed by atoms with Crippen molar-refractivity contribution in [3.05, 3.63) is 28.7 Å². The first kappa shape index (κ1) is 14.4. The molecule has 0 saturated heterocycles. The average molecular weight is 314 g/mol. The molecule has 17 heavy (non-hydrogen) atoms. The molecule has 0 fully saturated rings. The van der Waals surface area contributed by atoms with Crippen molar-refractivity contribution < 1.29 is 4.74 Å². The van der Waals surface area contributed by atoms with Crippen LogP contribution < -0.4 is 10.1 Å². The molecule has 0 aliphatic heterocycles. The Morgan fingerprint density at radius 1 is 1.29 bits per heavy atom. The predicted octanol–water partition coefficient (Wildman–Crippen LogP) is 2.78. The predicted molar refractivity (Wildman–Crippen MR) is 78.7 cm³/mol. The molecule has 0 bridgehead atoms. The van der Waals surface area contributed by atoms with E-state index in [0.717, 1.165) is 34.8 Å². The molecule has 92 valence electrons. The Balaban J connectivity index is 1.97. The van der Waals surface area contributed by atoms with Crippen LogP contribution in [-0.2, 0) is 0 Å². The van der Waals surface area contributed by atoms with E-state index < -0.39 is 0 Å². The molecule has 1 N–H and O–H groups in total. The van der Waals surface area contributed by atoms with E-state index in [1.807, 2.05) is 24.3 Å². The maximum atomic E-state index is 5.57. The minimum atomic E-state index is 0.682. The van der Waals surface area contributed by atoms with E-state index in [1.54, 1.807) is 11.8 Å². The highest BCUT2D eigenvalue weighted by atomic mass is 79.9. The van der Waals surface area contributed by atoms with Crippen LogP contribution in [0.2, 0.25) is 0 Å². The van der Waals surface area contributed by atoms with Crippen molar-refractivity contribution in [1.29, 1.82) is 0 Å². The molecular formula is C13H16BrNOS. The van der Waals surface area contributed by atoms with Gasteiger partial charge in [-0.3, -0.25) is 0 Å². The van der Waals surface area contributed by atoms with Crippen LogP contribution >= 0.6 is 27.7 Å². The second-order valence-corrected chi connectivity index (χ2v) is 5.33. The first-order valence-electron chi connectivity index (χ1n) is 5.43. The number of rotatable bonds is 8. The number of benzene rings is 1. The fourth-order valence-corrected chi connectivity index (χ4v) is 1.99. The SMILES string of the molecule is C#CCSCCNCCOc1ccc(Br)cc1. The van der Waals surface area contributed by atoms with Crippen molar-refractivity contribution in [2.45, 2.75) is 0 Å². The minimum Gasteiger partial charge on any atom is -0.492 e. The maximum absolute atomic E-state index is 5.57. The lowest BCUT2D eigenvalue weighted by atomic mass is 10.3. The zero-order valence-electron chi connectivity index (χ0n) is 9.62. The van der Waals surface area contributed by atoms with Crippen molar-refractivity contribution in [3.8, 4) is 18.1 Å². The van der Waals surface area contributed by atoms with Crippen LogP contribution in [0.15, 0.2) is 28.7 Å². The summed E-state index contributed by atoms with van der Waals surface area (Å²) in [6.45, 7) is 2.50. The summed E-state index contributed by atoms with van der Waals surface area (Å²) in [5.41, 5.74) is 0. The van der Waals surface area contributed by atoms with Gasteiger partial charge < -0.3 is 10.1 Å². The molecule has 0 aliphatic rings. The summed E-state index contributed by atoms with van der Waals surface area (Å²) < 4.78 is 6.63. The van der Waals surface area contributed by atoms with Crippen LogP contribution in [0, 0.1) is 12.3 Å². The van der Waals surface area contributed by atoms with Gasteiger partial charge in [0.2, 0.25) is 0 Å². The van der Waals surface area contributed by atoms with Crippen LogP contribution in [0.3, 0.4) is 0 Å². The summed E-state index contributed by atoms with van der Waals surface area (Å²) >= 11 is 5.15. The van der Waals surface area contributed by atoms with Gasteiger partial charge in [0.25, 0.3) is 0 Å². The molecule has 0 amide bonds. The van der Waals surface area contributed by atoms with Crippen molar-refractivity contribution in [2.75, 3.05) is 31.2 Å². The zero-order valence-corrected chi connectivity index (χ0v) is 12.0. The number of hydrogen-bond acceptors (Lipinski definition) is 3. The molecule has 4 heteroatoms. The largest absolute Gasteiger partial charge is 0.492 e. The van der Waals surface area contributed by atoms with Crippen LogP contribution in [0.1, 0.15) is 0 Å². The molecule has 0 aromatic heterocycles. The number of halogens is 1. The third-order valence-electron chi connectivity index (χ3n) is 1.97. The molecule has 1 rings (SSSR count). The summed E-state index contributed by atoms with van der Waals surface area (Å²) in [6.07, 6.45) is 5.15. The van der Waals surface area contributed by atoms with Gasteiger partial charge in [0, 0.05) is 23.3 Å². The molecule has 0 heterocycles. The fourth-order valence-electron chi connectivity index (χ4n) is 1.17. The molecule has 2 nitrogen and oxygen atoms in total. The number of thioether (sulfide) groups is 1. The quantitative estimate of drug-likeness (QED) is 0.589. The van der Waals surface area contributed by atoms with Crippen LogP contribution in [0.4, 0.5) is 0 Å². The summed E-state index contributed by atoms with van der Waals surface area (Å²) in [5.74, 6) is 5.34. The Kier molecular flexibility index (Phi) is 7.98. The molecule has 0 saturated carbocycles. The summed E-state index contributed by atoms with van der Waals surface area (Å²) in [5, 5.41) is 3.30. The maximum Gasteiger partial charge on any atom is 0.119 e. The number of terminal acetylenes is 1. The van der Waals surface area contributed by atoms with E-state index in [0.29, 0.717) is 6.61 Å². The molecule has 0 atom stereocenters. The van der Waals surface area contributed by atoms with Crippen molar-refractivity contribution in [3.63, 3.8) is 0 Å². The van der Waals surface area contributed by atoms with Crippen molar-refractivity contribution in [1.82, 2.24) is 5.32 Å². The third-order valence-corrected chi connectivity index (χ3v) is 3.36. The highest BCUT2D eigenvalue weighted by Gasteiger charge is 1.93. The Morgan fingerprint density at radius 3 is 2.76 bits per heavy atom. The average Bonchev–Trinajstić information content (AvgIpc) is 2.35. The van der Waals surface area contributed by atoms with Gasteiger partial charge >= 0.3 is 0 Å². The first-order chi connectivity index (χ1) is 8.33. The van der Waals surface area contributed by atoms with E-state index in [9.17, 15) is 0 Å². The topological polar surface area (TPSA) is 21.3 Å². The summed E-state index contributed by atoms with van der Waals surface area (Å²) in [4.78, 5) is 0. The molecular weight excluding hydrogens is 298 g/mol. The molecule has 0 radical (unpaired) electrons. The van der Waals surface area contributed by atoms with E-state index >= 15 is 0 Å². The van der Waals surface area contributed by atoms with Crippen molar-refractivity contribution in [2.24, 2.45) is 0 Å². The van der Waals surface area contributed by atoms with E-state index in [2.05, 4.69) is 27.2 Å². The monoisotopic (exact) mass is 313 g/mol. The third kappa shape index (κ3) is 7.32. The van der Waals surface area contributed by atoms with Gasteiger partial charge in [-0.25, -0.2) is 0 Å². The second-order valence-electron chi connectivity index (χ2n) is 3.31. The van der Waals surface area contributed by atoms with Gasteiger partial charge in [0.15, 0.2) is 0 Å². The zero-order chi connectivity index (χ0) is 12.3. The van der Waals surface area contributed by atoms with Gasteiger partial charge in [0.05, 0.1) is 5.75 Å². The van der Waals surface area contributed by atoms with Gasteiger partial charge in [-0.05, 0) is 24.3 Å². The lowest BCUT2D eigenvalue weighted by molar-refractivity contribution is 0.315. The molecule has 1 aromatic carbocycles. The number of ether oxygens (including phenoxy) is 1. The summed E-state index contributed by atoms with van der Waals surface area (Å²) in [6, 6.07) is 7.85. The van der Waals surface area contributed by atoms with Crippen LogP contribution in [0.25, 0.3) is 0 Å². The Morgan fingerprint density at radius 2 is 2.06 bits per heavy atom. The lowest BCUT2D eigenvalue weighted by Gasteiger charge is -2.07. The highest BCUT2D eigenvalue weighted by Crippen LogP contribution is 2.15. The highest BCUT2D eigenvalue weighted by molar-refractivity contribution is 9.10. The molecule has 1 aromatic rings. The van der Waals surface area contributed by atoms with Gasteiger partial charge in [0.1, 0.15) is 12.4 Å². The van der Waals surface area contributed by atoms with Crippen LogP contribution in [0.5, 0.6) is 5.75 Å². The molecule has 0 unspecified atom stereocenters. The first-order valence-corrected chi connectivity index (χ1v) is 7.38.